The second-order valence-corrected chi connectivity index (χ2v) is 12.2. The maximum atomic E-state index is 13.1. The van der Waals surface area contributed by atoms with Crippen LogP contribution in [0, 0.1) is 6.92 Å². The van der Waals surface area contributed by atoms with Gasteiger partial charge in [-0.15, -0.1) is 0 Å². The molecule has 0 bridgehead atoms. The number of benzene rings is 2. The van der Waals surface area contributed by atoms with E-state index in [0.29, 0.717) is 35.2 Å². The highest BCUT2D eigenvalue weighted by atomic mass is 35.5. The van der Waals surface area contributed by atoms with Crippen molar-refractivity contribution in [2.45, 2.75) is 44.7 Å². The third-order valence-corrected chi connectivity index (χ3v) is 9.29. The summed E-state index contributed by atoms with van der Waals surface area (Å²) < 4.78 is 7.88. The molecule has 2 aliphatic rings. The van der Waals surface area contributed by atoms with E-state index in [1.165, 1.54) is 24.9 Å². The van der Waals surface area contributed by atoms with E-state index < -0.39 is 17.2 Å². The first-order valence-corrected chi connectivity index (χ1v) is 15.5. The van der Waals surface area contributed by atoms with Crippen molar-refractivity contribution in [3.05, 3.63) is 96.8 Å². The number of methoxy groups -OCH3 is 1. The van der Waals surface area contributed by atoms with Crippen LogP contribution in [0.1, 0.15) is 52.4 Å². The SMILES string of the molecule is COc1nc(-c2cccc(-c3cccc(NC(=O)c4cn(C)c(=O)n(C)c4=O)c3C)c2Cl)cc2c1[C@@H](NC[C@H]1CCC(=O)N1)CC2. The van der Waals surface area contributed by atoms with Crippen LogP contribution in [0.4, 0.5) is 5.69 Å². The molecule has 2 aromatic heterocycles. The van der Waals surface area contributed by atoms with Gasteiger partial charge in [-0.25, -0.2) is 9.78 Å². The number of hydrogen-bond donors (Lipinski definition) is 3. The van der Waals surface area contributed by atoms with Crippen molar-refractivity contribution >= 4 is 29.1 Å². The van der Waals surface area contributed by atoms with Crippen molar-refractivity contribution in [3.8, 4) is 28.3 Å². The molecule has 0 saturated carbocycles. The molecule has 1 saturated heterocycles. The second-order valence-electron chi connectivity index (χ2n) is 11.8. The van der Waals surface area contributed by atoms with Crippen molar-refractivity contribution in [1.82, 2.24) is 24.8 Å². The fourth-order valence-corrected chi connectivity index (χ4v) is 6.70. The van der Waals surface area contributed by atoms with Gasteiger partial charge in [0.25, 0.3) is 11.5 Å². The minimum atomic E-state index is -0.674. The minimum Gasteiger partial charge on any atom is -0.481 e. The highest BCUT2D eigenvalue weighted by Crippen LogP contribution is 2.43. The van der Waals surface area contributed by atoms with E-state index in [1.54, 1.807) is 19.2 Å². The summed E-state index contributed by atoms with van der Waals surface area (Å²) in [5.74, 6) is 0.0260. The number of amides is 2. The summed E-state index contributed by atoms with van der Waals surface area (Å²) in [6.07, 6.45) is 4.39. The zero-order chi connectivity index (χ0) is 32.7. The molecule has 3 heterocycles. The maximum Gasteiger partial charge on any atom is 0.330 e. The summed E-state index contributed by atoms with van der Waals surface area (Å²) >= 11 is 7.09. The van der Waals surface area contributed by atoms with Crippen LogP contribution < -0.4 is 31.9 Å². The second kappa shape index (κ2) is 12.6. The van der Waals surface area contributed by atoms with Crippen molar-refractivity contribution in [2.75, 3.05) is 19.0 Å². The molecule has 2 atom stereocenters. The molecule has 11 nitrogen and oxygen atoms in total. The Kier molecular flexibility index (Phi) is 8.54. The summed E-state index contributed by atoms with van der Waals surface area (Å²) in [4.78, 5) is 54.4. The molecule has 0 radical (unpaired) electrons. The first-order valence-electron chi connectivity index (χ1n) is 15.1. The molecule has 4 aromatic rings. The number of aryl methyl sites for hydroxylation is 2. The third kappa shape index (κ3) is 5.72. The summed E-state index contributed by atoms with van der Waals surface area (Å²) in [6, 6.07) is 13.5. The van der Waals surface area contributed by atoms with Crippen LogP contribution in [0.15, 0.2) is 58.3 Å². The van der Waals surface area contributed by atoms with Gasteiger partial charge in [0.1, 0.15) is 5.56 Å². The van der Waals surface area contributed by atoms with E-state index in [1.807, 2.05) is 31.2 Å². The van der Waals surface area contributed by atoms with Gasteiger partial charge >= 0.3 is 5.69 Å². The quantitative estimate of drug-likeness (QED) is 0.265. The Hall–Kier alpha value is -4.74. The number of pyridine rings is 1. The van der Waals surface area contributed by atoms with Crippen LogP contribution >= 0.6 is 11.6 Å². The number of rotatable bonds is 8. The number of ether oxygens (including phenoxy) is 1. The van der Waals surface area contributed by atoms with Gasteiger partial charge in [0, 0.05) is 67.7 Å². The predicted molar refractivity (Wildman–Crippen MR) is 177 cm³/mol. The normalized spacial score (nSPS) is 17.1. The van der Waals surface area contributed by atoms with Crippen LogP contribution in [0.5, 0.6) is 5.88 Å². The number of fused-ring (bicyclic) bond motifs is 1. The predicted octanol–water partition coefficient (Wildman–Crippen LogP) is 3.89. The molecule has 46 heavy (non-hydrogen) atoms. The van der Waals surface area contributed by atoms with Crippen LogP contribution in [0.3, 0.4) is 0 Å². The smallest absolute Gasteiger partial charge is 0.330 e. The van der Waals surface area contributed by atoms with Crippen LogP contribution in [0.25, 0.3) is 22.4 Å². The Morgan fingerprint density at radius 1 is 1.07 bits per heavy atom. The summed E-state index contributed by atoms with van der Waals surface area (Å²) in [5.41, 5.74) is 5.09. The molecule has 0 spiro atoms. The number of nitrogens with one attached hydrogen (secondary N) is 3. The molecular weight excluding hydrogens is 608 g/mol. The Balaban J connectivity index is 1.29. The van der Waals surface area contributed by atoms with E-state index in [4.69, 9.17) is 21.3 Å². The monoisotopic (exact) mass is 642 g/mol. The lowest BCUT2D eigenvalue weighted by Crippen LogP contribution is -2.40. The molecule has 238 valence electrons. The number of carbonyl (C=O) groups is 2. The van der Waals surface area contributed by atoms with Crippen LogP contribution in [-0.2, 0) is 25.3 Å². The van der Waals surface area contributed by atoms with E-state index in [9.17, 15) is 19.2 Å². The molecule has 0 unspecified atom stereocenters. The van der Waals surface area contributed by atoms with Gasteiger partial charge in [0.2, 0.25) is 11.8 Å². The fourth-order valence-electron chi connectivity index (χ4n) is 6.37. The molecule has 12 heteroatoms. The molecule has 3 N–H and O–H groups in total. The maximum absolute atomic E-state index is 13.1. The Labute approximate surface area is 270 Å². The van der Waals surface area contributed by atoms with Gasteiger partial charge in [-0.05, 0) is 55.0 Å². The van der Waals surface area contributed by atoms with Gasteiger partial charge in [-0.2, -0.15) is 0 Å². The number of hydrogen-bond acceptors (Lipinski definition) is 7. The number of aromatic nitrogens is 3. The topological polar surface area (TPSA) is 136 Å². The highest BCUT2D eigenvalue weighted by Gasteiger charge is 2.30. The van der Waals surface area contributed by atoms with Gasteiger partial charge in [-0.1, -0.05) is 41.9 Å². The summed E-state index contributed by atoms with van der Waals surface area (Å²) in [7, 11) is 4.44. The molecule has 1 aliphatic heterocycles. The number of carbonyl (C=O) groups excluding carboxylic acids is 2. The molecule has 2 aromatic carbocycles. The Bertz CT molecular complexity index is 2000. The zero-order valence-corrected chi connectivity index (χ0v) is 26.8. The van der Waals surface area contributed by atoms with Gasteiger partial charge in [-0.3, -0.25) is 19.0 Å². The summed E-state index contributed by atoms with van der Waals surface area (Å²) in [6.45, 7) is 2.56. The number of anilines is 1. The third-order valence-electron chi connectivity index (χ3n) is 8.89. The minimum absolute atomic E-state index is 0.0763. The lowest BCUT2D eigenvalue weighted by Gasteiger charge is -2.20. The fraction of sp³-hybridized carbons (Fsp3) is 0.324. The number of halogens is 1. The van der Waals surface area contributed by atoms with Crippen molar-refractivity contribution in [2.24, 2.45) is 14.1 Å². The first kappa shape index (κ1) is 31.3. The van der Waals surface area contributed by atoms with Gasteiger partial charge in [0.15, 0.2) is 0 Å². The van der Waals surface area contributed by atoms with E-state index >= 15 is 0 Å². The molecule has 2 amide bonds. The first-order chi connectivity index (χ1) is 22.1. The zero-order valence-electron chi connectivity index (χ0n) is 26.1. The van der Waals surface area contributed by atoms with E-state index in [-0.39, 0.29) is 23.6 Å². The highest BCUT2D eigenvalue weighted by molar-refractivity contribution is 6.36. The standard InChI is InChI=1S/C34H35ClN6O5/c1-18-21(7-6-10-25(18)38-31(43)24-17-40(2)34(45)41(3)33(24)44)22-8-5-9-23(30(22)35)27-15-19-11-13-26(29(19)32(39-27)46-4)36-16-20-12-14-28(42)37-20/h5-10,15,17,20,26,36H,11-14,16H2,1-4H3,(H,37,42)(H,38,43)/t20-,26+/m1/s1. The van der Waals surface area contributed by atoms with Crippen molar-refractivity contribution in [1.29, 1.82) is 0 Å². The Morgan fingerprint density at radius 2 is 1.80 bits per heavy atom. The molecule has 1 fully saturated rings. The molecular formula is C34H35ClN6O5. The van der Waals surface area contributed by atoms with Crippen molar-refractivity contribution in [3.63, 3.8) is 0 Å². The van der Waals surface area contributed by atoms with Crippen LogP contribution in [0.2, 0.25) is 5.02 Å². The lowest BCUT2D eigenvalue weighted by molar-refractivity contribution is -0.119. The largest absolute Gasteiger partial charge is 0.481 e. The summed E-state index contributed by atoms with van der Waals surface area (Å²) in [5, 5.41) is 9.94. The van der Waals surface area contributed by atoms with Gasteiger partial charge in [0.05, 0.1) is 17.8 Å². The average molecular weight is 643 g/mol. The average Bonchev–Trinajstić information content (AvgIpc) is 3.66. The van der Waals surface area contributed by atoms with Crippen LogP contribution in [-0.4, -0.2) is 45.6 Å². The lowest BCUT2D eigenvalue weighted by atomic mass is 9.96. The Morgan fingerprint density at radius 3 is 2.54 bits per heavy atom. The van der Waals surface area contributed by atoms with E-state index in [2.05, 4.69) is 22.0 Å². The van der Waals surface area contributed by atoms with Gasteiger partial charge < -0.3 is 25.3 Å². The van der Waals surface area contributed by atoms with E-state index in [0.717, 1.165) is 57.2 Å². The van der Waals surface area contributed by atoms with Crippen molar-refractivity contribution < 1.29 is 14.3 Å². The molecule has 1 aliphatic carbocycles. The number of nitrogens with zero attached hydrogens (tertiary/aromatic N) is 3. The molecule has 6 rings (SSSR count).